The molecule has 0 saturated carbocycles. The first-order valence-corrected chi connectivity index (χ1v) is 3.57. The number of rotatable bonds is 0. The SMILES string of the molecule is Cc1nn(C)c2[nH]ncc(=O)c12. The van der Waals surface area contributed by atoms with Crippen LogP contribution in [0.4, 0.5) is 0 Å². The fourth-order valence-electron chi connectivity index (χ4n) is 1.30. The number of hydrogen-bond acceptors (Lipinski definition) is 3. The number of H-pyrrole nitrogens is 1. The van der Waals surface area contributed by atoms with E-state index in [1.165, 1.54) is 6.20 Å². The molecule has 0 aliphatic carbocycles. The van der Waals surface area contributed by atoms with E-state index in [0.717, 1.165) is 5.69 Å². The van der Waals surface area contributed by atoms with E-state index >= 15 is 0 Å². The summed E-state index contributed by atoms with van der Waals surface area (Å²) in [4.78, 5) is 11.3. The molecular weight excluding hydrogens is 156 g/mol. The maximum absolute atomic E-state index is 11.3. The van der Waals surface area contributed by atoms with Crippen LogP contribution < -0.4 is 5.43 Å². The molecule has 0 aliphatic rings. The molecule has 0 saturated heterocycles. The lowest BCUT2D eigenvalue weighted by Crippen LogP contribution is -2.03. The van der Waals surface area contributed by atoms with Gasteiger partial charge in [0.2, 0.25) is 5.43 Å². The zero-order chi connectivity index (χ0) is 8.72. The summed E-state index contributed by atoms with van der Waals surface area (Å²) in [6, 6.07) is 0. The first-order chi connectivity index (χ1) is 5.70. The van der Waals surface area contributed by atoms with Crippen molar-refractivity contribution in [3.8, 4) is 0 Å². The smallest absolute Gasteiger partial charge is 0.211 e. The Morgan fingerprint density at radius 3 is 3.00 bits per heavy atom. The van der Waals surface area contributed by atoms with Crippen LogP contribution in [0.3, 0.4) is 0 Å². The van der Waals surface area contributed by atoms with Crippen molar-refractivity contribution >= 4 is 11.0 Å². The lowest BCUT2D eigenvalue weighted by atomic mass is 10.3. The molecule has 0 unspecified atom stereocenters. The molecule has 2 rings (SSSR count). The van der Waals surface area contributed by atoms with Crippen molar-refractivity contribution < 1.29 is 0 Å². The van der Waals surface area contributed by atoms with E-state index in [0.29, 0.717) is 11.0 Å². The molecule has 0 amide bonds. The Kier molecular flexibility index (Phi) is 1.27. The zero-order valence-corrected chi connectivity index (χ0v) is 6.83. The topological polar surface area (TPSA) is 63.6 Å². The van der Waals surface area contributed by atoms with Crippen molar-refractivity contribution in [1.29, 1.82) is 0 Å². The second-order valence-electron chi connectivity index (χ2n) is 2.67. The predicted molar refractivity (Wildman–Crippen MR) is 43.9 cm³/mol. The number of nitrogens with zero attached hydrogens (tertiary/aromatic N) is 3. The summed E-state index contributed by atoms with van der Waals surface area (Å²) >= 11 is 0. The van der Waals surface area contributed by atoms with Gasteiger partial charge in [-0.1, -0.05) is 0 Å². The molecule has 2 aromatic heterocycles. The van der Waals surface area contributed by atoms with Gasteiger partial charge in [0, 0.05) is 7.05 Å². The van der Waals surface area contributed by atoms with E-state index in [2.05, 4.69) is 15.3 Å². The normalized spacial score (nSPS) is 10.8. The average Bonchev–Trinajstić information content (AvgIpc) is 2.29. The molecule has 62 valence electrons. The van der Waals surface area contributed by atoms with Gasteiger partial charge in [-0.05, 0) is 6.92 Å². The van der Waals surface area contributed by atoms with Gasteiger partial charge in [0.15, 0.2) is 5.65 Å². The number of aromatic nitrogens is 4. The summed E-state index contributed by atoms with van der Waals surface area (Å²) < 4.78 is 1.61. The Morgan fingerprint density at radius 2 is 2.33 bits per heavy atom. The summed E-state index contributed by atoms with van der Waals surface area (Å²) in [5.41, 5.74) is 1.31. The first-order valence-electron chi connectivity index (χ1n) is 3.57. The van der Waals surface area contributed by atoms with Crippen molar-refractivity contribution in [3.05, 3.63) is 22.1 Å². The highest BCUT2D eigenvalue weighted by Crippen LogP contribution is 2.07. The van der Waals surface area contributed by atoms with Crippen LogP contribution in [-0.4, -0.2) is 20.0 Å². The zero-order valence-electron chi connectivity index (χ0n) is 6.83. The van der Waals surface area contributed by atoms with Crippen molar-refractivity contribution in [2.75, 3.05) is 0 Å². The van der Waals surface area contributed by atoms with E-state index < -0.39 is 0 Å². The van der Waals surface area contributed by atoms with Gasteiger partial charge in [-0.15, -0.1) is 0 Å². The highest BCUT2D eigenvalue weighted by molar-refractivity contribution is 5.76. The Hall–Kier alpha value is -1.65. The van der Waals surface area contributed by atoms with Crippen LogP contribution >= 0.6 is 0 Å². The van der Waals surface area contributed by atoms with Gasteiger partial charge >= 0.3 is 0 Å². The third kappa shape index (κ3) is 0.761. The molecule has 0 aromatic carbocycles. The van der Waals surface area contributed by atoms with E-state index in [9.17, 15) is 4.79 Å². The molecule has 12 heavy (non-hydrogen) atoms. The van der Waals surface area contributed by atoms with Crippen LogP contribution in [0.15, 0.2) is 11.0 Å². The second kappa shape index (κ2) is 2.17. The summed E-state index contributed by atoms with van der Waals surface area (Å²) in [5.74, 6) is 0. The molecule has 0 bridgehead atoms. The largest absolute Gasteiger partial charge is 0.287 e. The van der Waals surface area contributed by atoms with Crippen molar-refractivity contribution in [2.24, 2.45) is 7.05 Å². The Labute approximate surface area is 68.0 Å². The van der Waals surface area contributed by atoms with E-state index in [1.807, 2.05) is 0 Å². The van der Waals surface area contributed by atoms with Crippen LogP contribution in [-0.2, 0) is 7.05 Å². The molecular formula is C7H8N4O. The summed E-state index contributed by atoms with van der Waals surface area (Å²) in [5, 5.41) is 11.1. The van der Waals surface area contributed by atoms with E-state index in [1.54, 1.807) is 18.7 Å². The fourth-order valence-corrected chi connectivity index (χ4v) is 1.30. The fraction of sp³-hybridized carbons (Fsp3) is 0.286. The molecule has 2 heterocycles. The van der Waals surface area contributed by atoms with Gasteiger partial charge in [0.25, 0.3) is 0 Å². The van der Waals surface area contributed by atoms with Gasteiger partial charge in [-0.3, -0.25) is 14.6 Å². The number of aromatic amines is 1. The standard InChI is InChI=1S/C7H8N4O/c1-4-6-5(12)3-8-9-7(6)11(2)10-4/h3H,1-2H3,(H,9,12). The van der Waals surface area contributed by atoms with Gasteiger partial charge in [-0.2, -0.15) is 10.2 Å². The monoisotopic (exact) mass is 164 g/mol. The third-order valence-electron chi connectivity index (χ3n) is 1.82. The molecule has 2 aromatic rings. The number of hydrogen-bond donors (Lipinski definition) is 1. The highest BCUT2D eigenvalue weighted by atomic mass is 16.1. The third-order valence-corrected chi connectivity index (χ3v) is 1.82. The van der Waals surface area contributed by atoms with Gasteiger partial charge < -0.3 is 0 Å². The molecule has 0 radical (unpaired) electrons. The number of aryl methyl sites for hydroxylation is 2. The van der Waals surface area contributed by atoms with Gasteiger partial charge in [0.05, 0.1) is 17.3 Å². The van der Waals surface area contributed by atoms with Crippen LogP contribution in [0, 0.1) is 6.92 Å². The van der Waals surface area contributed by atoms with Crippen molar-refractivity contribution in [1.82, 2.24) is 20.0 Å². The highest BCUT2D eigenvalue weighted by Gasteiger charge is 2.07. The molecule has 1 N–H and O–H groups in total. The predicted octanol–water partition coefficient (Wildman–Crippen LogP) is -0.0350. The second-order valence-corrected chi connectivity index (χ2v) is 2.67. The molecule has 5 nitrogen and oxygen atoms in total. The van der Waals surface area contributed by atoms with E-state index in [4.69, 9.17) is 0 Å². The number of nitrogens with one attached hydrogen (secondary N) is 1. The Bertz CT molecular complexity index is 482. The minimum atomic E-state index is -0.0886. The van der Waals surface area contributed by atoms with Crippen molar-refractivity contribution in [2.45, 2.75) is 6.92 Å². The lowest BCUT2D eigenvalue weighted by molar-refractivity contribution is 0.766. The Morgan fingerprint density at radius 1 is 1.58 bits per heavy atom. The van der Waals surface area contributed by atoms with E-state index in [-0.39, 0.29) is 5.43 Å². The quantitative estimate of drug-likeness (QED) is 0.594. The lowest BCUT2D eigenvalue weighted by Gasteiger charge is -1.89. The van der Waals surface area contributed by atoms with Crippen LogP contribution in [0.5, 0.6) is 0 Å². The molecule has 0 spiro atoms. The molecule has 0 atom stereocenters. The molecule has 5 heteroatoms. The average molecular weight is 164 g/mol. The summed E-state index contributed by atoms with van der Waals surface area (Å²) in [6.07, 6.45) is 1.26. The maximum atomic E-state index is 11.3. The molecule has 0 fully saturated rings. The number of fused-ring (bicyclic) bond motifs is 1. The van der Waals surface area contributed by atoms with Gasteiger partial charge in [-0.25, -0.2) is 0 Å². The maximum Gasteiger partial charge on any atom is 0.211 e. The first kappa shape index (κ1) is 7.02. The Balaban J connectivity index is 3.09. The summed E-state index contributed by atoms with van der Waals surface area (Å²) in [7, 11) is 1.77. The van der Waals surface area contributed by atoms with Crippen LogP contribution in [0.2, 0.25) is 0 Å². The van der Waals surface area contributed by atoms with Crippen LogP contribution in [0.25, 0.3) is 11.0 Å². The summed E-state index contributed by atoms with van der Waals surface area (Å²) in [6.45, 7) is 1.80. The van der Waals surface area contributed by atoms with Crippen LogP contribution in [0.1, 0.15) is 5.69 Å². The minimum absolute atomic E-state index is 0.0886. The van der Waals surface area contributed by atoms with Crippen molar-refractivity contribution in [3.63, 3.8) is 0 Å². The molecule has 0 aliphatic heterocycles. The van der Waals surface area contributed by atoms with Gasteiger partial charge in [0.1, 0.15) is 0 Å². The minimum Gasteiger partial charge on any atom is -0.287 e.